The van der Waals surface area contributed by atoms with Crippen molar-refractivity contribution in [3.63, 3.8) is 0 Å². The maximum atomic E-state index is 11.9. The van der Waals surface area contributed by atoms with E-state index in [1.165, 1.54) is 0 Å². The van der Waals surface area contributed by atoms with Crippen LogP contribution in [0.1, 0.15) is 15.9 Å². The van der Waals surface area contributed by atoms with E-state index in [4.69, 9.17) is 4.74 Å². The fraction of sp³-hybridized carbons (Fsp3) is 0.250. The number of hydrogen-bond acceptors (Lipinski definition) is 4. The summed E-state index contributed by atoms with van der Waals surface area (Å²) in [5.74, 6) is 1.27. The zero-order valence-corrected chi connectivity index (χ0v) is 12.2. The molecule has 5 heteroatoms. The lowest BCUT2D eigenvalue weighted by atomic mass is 10.1. The van der Waals surface area contributed by atoms with Gasteiger partial charge in [0.1, 0.15) is 0 Å². The zero-order chi connectivity index (χ0) is 15.1. The van der Waals surface area contributed by atoms with E-state index in [2.05, 4.69) is 15.6 Å². The van der Waals surface area contributed by atoms with Crippen LogP contribution in [-0.4, -0.2) is 31.1 Å². The normalized spacial score (nSPS) is 10.0. The molecule has 1 amide bonds. The molecule has 110 valence electrons. The van der Waals surface area contributed by atoms with Crippen molar-refractivity contribution in [2.75, 3.05) is 25.5 Å². The maximum absolute atomic E-state index is 11.9. The van der Waals surface area contributed by atoms with Gasteiger partial charge in [0.15, 0.2) is 11.6 Å². The summed E-state index contributed by atoms with van der Waals surface area (Å²) in [4.78, 5) is 16.1. The second-order valence-corrected chi connectivity index (χ2v) is 4.60. The number of carbonyl (C=O) groups is 1. The van der Waals surface area contributed by atoms with E-state index in [0.29, 0.717) is 30.2 Å². The molecule has 5 nitrogen and oxygen atoms in total. The van der Waals surface area contributed by atoms with E-state index < -0.39 is 0 Å². The highest BCUT2D eigenvalue weighted by molar-refractivity contribution is 5.94. The molecule has 1 aromatic carbocycles. The van der Waals surface area contributed by atoms with Crippen molar-refractivity contribution in [1.82, 2.24) is 10.3 Å². The molecule has 0 radical (unpaired) electrons. The molecule has 0 saturated heterocycles. The van der Waals surface area contributed by atoms with Gasteiger partial charge >= 0.3 is 0 Å². The summed E-state index contributed by atoms with van der Waals surface area (Å²) in [7, 11) is 1.60. The zero-order valence-electron chi connectivity index (χ0n) is 12.2. The van der Waals surface area contributed by atoms with E-state index >= 15 is 0 Å². The van der Waals surface area contributed by atoms with Crippen molar-refractivity contribution in [2.45, 2.75) is 6.92 Å². The van der Waals surface area contributed by atoms with Gasteiger partial charge in [-0.25, -0.2) is 4.98 Å². The predicted octanol–water partition coefficient (Wildman–Crippen LogP) is 2.24. The van der Waals surface area contributed by atoms with E-state index in [-0.39, 0.29) is 5.91 Å². The van der Waals surface area contributed by atoms with Crippen LogP contribution in [0, 0.1) is 6.92 Å². The summed E-state index contributed by atoms with van der Waals surface area (Å²) in [5.41, 5.74) is 1.80. The second kappa shape index (κ2) is 7.28. The Labute approximate surface area is 124 Å². The number of rotatable bonds is 6. The minimum absolute atomic E-state index is 0.0789. The molecule has 0 fully saturated rings. The first kappa shape index (κ1) is 14.8. The van der Waals surface area contributed by atoms with Crippen LogP contribution >= 0.6 is 0 Å². The van der Waals surface area contributed by atoms with E-state index in [9.17, 15) is 4.79 Å². The summed E-state index contributed by atoms with van der Waals surface area (Å²) in [6.07, 6.45) is 1.69. The minimum Gasteiger partial charge on any atom is -0.493 e. The van der Waals surface area contributed by atoms with Crippen molar-refractivity contribution in [3.05, 3.63) is 53.7 Å². The topological polar surface area (TPSA) is 63.2 Å². The van der Waals surface area contributed by atoms with E-state index in [0.717, 1.165) is 5.56 Å². The van der Waals surface area contributed by atoms with Crippen LogP contribution in [0.15, 0.2) is 42.6 Å². The molecule has 0 aliphatic rings. The number of hydrogen-bond donors (Lipinski definition) is 2. The Morgan fingerprint density at radius 2 is 1.95 bits per heavy atom. The predicted molar refractivity (Wildman–Crippen MR) is 82.8 cm³/mol. The summed E-state index contributed by atoms with van der Waals surface area (Å²) < 4.78 is 5.19. The van der Waals surface area contributed by atoms with Crippen molar-refractivity contribution in [2.24, 2.45) is 0 Å². The van der Waals surface area contributed by atoms with Crippen LogP contribution < -0.4 is 15.4 Å². The van der Waals surface area contributed by atoms with Gasteiger partial charge in [0.05, 0.1) is 7.11 Å². The van der Waals surface area contributed by atoms with Crippen molar-refractivity contribution in [1.29, 1.82) is 0 Å². The molecular formula is C16H19N3O2. The monoisotopic (exact) mass is 285 g/mol. The molecule has 2 aromatic rings. The van der Waals surface area contributed by atoms with Crippen LogP contribution in [0.2, 0.25) is 0 Å². The van der Waals surface area contributed by atoms with Gasteiger partial charge < -0.3 is 15.4 Å². The molecule has 0 aliphatic heterocycles. The van der Waals surface area contributed by atoms with Gasteiger partial charge in [-0.3, -0.25) is 4.79 Å². The standard InChI is InChI=1S/C16H19N3O2/c1-12-5-7-13(8-6-12)16(20)19-11-10-18-15-14(21-2)4-3-9-17-15/h3-9H,10-11H2,1-2H3,(H,17,18)(H,19,20). The first-order valence-electron chi connectivity index (χ1n) is 6.78. The number of aromatic nitrogens is 1. The van der Waals surface area contributed by atoms with Crippen LogP contribution in [0.25, 0.3) is 0 Å². The van der Waals surface area contributed by atoms with Gasteiger partial charge in [0, 0.05) is 24.8 Å². The molecular weight excluding hydrogens is 266 g/mol. The molecule has 0 saturated carbocycles. The second-order valence-electron chi connectivity index (χ2n) is 4.60. The Balaban J connectivity index is 1.79. The molecule has 1 aromatic heterocycles. The van der Waals surface area contributed by atoms with E-state index in [1.807, 2.05) is 43.3 Å². The van der Waals surface area contributed by atoms with Crippen LogP contribution in [0.4, 0.5) is 5.82 Å². The van der Waals surface area contributed by atoms with Crippen molar-refractivity contribution >= 4 is 11.7 Å². The van der Waals surface area contributed by atoms with Crippen LogP contribution in [0.5, 0.6) is 5.75 Å². The van der Waals surface area contributed by atoms with Gasteiger partial charge in [0.2, 0.25) is 0 Å². The lowest BCUT2D eigenvalue weighted by molar-refractivity contribution is 0.0955. The molecule has 0 aliphatic carbocycles. The summed E-state index contributed by atoms with van der Waals surface area (Å²) in [6, 6.07) is 11.1. The molecule has 1 heterocycles. The lowest BCUT2D eigenvalue weighted by Gasteiger charge is -2.10. The summed E-state index contributed by atoms with van der Waals surface area (Å²) in [6.45, 7) is 3.07. The summed E-state index contributed by atoms with van der Waals surface area (Å²) in [5, 5.41) is 5.99. The first-order valence-corrected chi connectivity index (χ1v) is 6.78. The van der Waals surface area contributed by atoms with Gasteiger partial charge in [-0.2, -0.15) is 0 Å². The average Bonchev–Trinajstić information content (AvgIpc) is 2.52. The quantitative estimate of drug-likeness (QED) is 0.799. The van der Waals surface area contributed by atoms with Gasteiger partial charge in [-0.05, 0) is 31.2 Å². The average molecular weight is 285 g/mol. The van der Waals surface area contributed by atoms with Gasteiger partial charge in [-0.15, -0.1) is 0 Å². The third kappa shape index (κ3) is 4.21. The maximum Gasteiger partial charge on any atom is 0.251 e. The number of aryl methyl sites for hydroxylation is 1. The molecule has 0 unspecified atom stereocenters. The Bertz CT molecular complexity index is 597. The molecule has 0 bridgehead atoms. The van der Waals surface area contributed by atoms with Gasteiger partial charge in [0.25, 0.3) is 5.91 Å². The molecule has 2 rings (SSSR count). The largest absolute Gasteiger partial charge is 0.493 e. The highest BCUT2D eigenvalue weighted by Gasteiger charge is 2.05. The number of ether oxygens (including phenoxy) is 1. The minimum atomic E-state index is -0.0789. The Kier molecular flexibility index (Phi) is 5.15. The van der Waals surface area contributed by atoms with Crippen molar-refractivity contribution < 1.29 is 9.53 Å². The number of methoxy groups -OCH3 is 1. The highest BCUT2D eigenvalue weighted by Crippen LogP contribution is 2.19. The number of benzene rings is 1. The highest BCUT2D eigenvalue weighted by atomic mass is 16.5. The Hall–Kier alpha value is -2.56. The Morgan fingerprint density at radius 3 is 2.67 bits per heavy atom. The Morgan fingerprint density at radius 1 is 1.19 bits per heavy atom. The molecule has 0 atom stereocenters. The molecule has 21 heavy (non-hydrogen) atoms. The number of pyridine rings is 1. The number of carbonyl (C=O) groups excluding carboxylic acids is 1. The van der Waals surface area contributed by atoms with Gasteiger partial charge in [-0.1, -0.05) is 17.7 Å². The SMILES string of the molecule is COc1cccnc1NCCNC(=O)c1ccc(C)cc1. The fourth-order valence-corrected chi connectivity index (χ4v) is 1.85. The van der Waals surface area contributed by atoms with Crippen molar-refractivity contribution in [3.8, 4) is 5.75 Å². The molecule has 0 spiro atoms. The fourth-order valence-electron chi connectivity index (χ4n) is 1.85. The molecule has 2 N–H and O–H groups in total. The third-order valence-electron chi connectivity index (χ3n) is 3.01. The van der Waals surface area contributed by atoms with E-state index in [1.54, 1.807) is 13.3 Å². The first-order chi connectivity index (χ1) is 10.2. The smallest absolute Gasteiger partial charge is 0.251 e. The number of anilines is 1. The number of amides is 1. The number of nitrogens with one attached hydrogen (secondary N) is 2. The lowest BCUT2D eigenvalue weighted by Crippen LogP contribution is -2.28. The number of nitrogens with zero attached hydrogens (tertiary/aromatic N) is 1. The summed E-state index contributed by atoms with van der Waals surface area (Å²) >= 11 is 0. The third-order valence-corrected chi connectivity index (χ3v) is 3.01. The van der Waals surface area contributed by atoms with Crippen LogP contribution in [-0.2, 0) is 0 Å². The van der Waals surface area contributed by atoms with Crippen LogP contribution in [0.3, 0.4) is 0 Å².